The maximum atomic E-state index is 2.32. The summed E-state index contributed by atoms with van der Waals surface area (Å²) in [5.74, 6) is 0. The molecule has 0 aliphatic carbocycles. The van der Waals surface area contributed by atoms with E-state index in [1.165, 1.54) is 27.8 Å². The molecule has 2 aromatic rings. The van der Waals surface area contributed by atoms with E-state index in [9.17, 15) is 0 Å². The number of hydrogen-bond acceptors (Lipinski definition) is 0. The molecule has 0 N–H and O–H groups in total. The SMILES string of the molecule is C/C=C\c1ccc(-c2ccccc2C)cc1CC. The van der Waals surface area contributed by atoms with Crippen LogP contribution in [0.5, 0.6) is 0 Å². The number of hydrogen-bond donors (Lipinski definition) is 0. The van der Waals surface area contributed by atoms with Gasteiger partial charge in [-0.25, -0.2) is 0 Å². The monoisotopic (exact) mass is 236 g/mol. The van der Waals surface area contributed by atoms with Crippen molar-refractivity contribution in [2.45, 2.75) is 27.2 Å². The Bertz CT molecular complexity index is 562. The summed E-state index contributed by atoms with van der Waals surface area (Å²) in [5.41, 5.74) is 6.72. The smallest absolute Gasteiger partial charge is 0.0155 e. The molecule has 0 aliphatic rings. The fraction of sp³-hybridized carbons (Fsp3) is 0.222. The van der Waals surface area contributed by atoms with E-state index in [0.717, 1.165) is 6.42 Å². The molecule has 0 saturated carbocycles. The second kappa shape index (κ2) is 5.68. The van der Waals surface area contributed by atoms with Crippen molar-refractivity contribution >= 4 is 6.08 Å². The van der Waals surface area contributed by atoms with Crippen LogP contribution < -0.4 is 0 Å². The van der Waals surface area contributed by atoms with Crippen molar-refractivity contribution in [1.82, 2.24) is 0 Å². The molecule has 0 spiro atoms. The summed E-state index contributed by atoms with van der Waals surface area (Å²) < 4.78 is 0. The van der Waals surface area contributed by atoms with Crippen molar-refractivity contribution in [2.24, 2.45) is 0 Å². The summed E-state index contributed by atoms with van der Waals surface area (Å²) in [4.78, 5) is 0. The van der Waals surface area contributed by atoms with Gasteiger partial charge in [0.05, 0.1) is 0 Å². The molecule has 0 heteroatoms. The Kier molecular flexibility index (Phi) is 3.99. The summed E-state index contributed by atoms with van der Waals surface area (Å²) in [6.45, 7) is 6.44. The average molecular weight is 236 g/mol. The van der Waals surface area contributed by atoms with Crippen molar-refractivity contribution < 1.29 is 0 Å². The lowest BCUT2D eigenvalue weighted by atomic mass is 9.95. The van der Waals surface area contributed by atoms with Crippen LogP contribution in [0.4, 0.5) is 0 Å². The zero-order chi connectivity index (χ0) is 13.0. The third kappa shape index (κ3) is 2.53. The molecule has 0 amide bonds. The van der Waals surface area contributed by atoms with E-state index >= 15 is 0 Å². The van der Waals surface area contributed by atoms with Gasteiger partial charge in [0.25, 0.3) is 0 Å². The lowest BCUT2D eigenvalue weighted by molar-refractivity contribution is 1.13. The molecule has 0 unspecified atom stereocenters. The quantitative estimate of drug-likeness (QED) is 0.682. The van der Waals surface area contributed by atoms with Gasteiger partial charge < -0.3 is 0 Å². The summed E-state index contributed by atoms with van der Waals surface area (Å²) in [5, 5.41) is 0. The van der Waals surface area contributed by atoms with Gasteiger partial charge in [-0.05, 0) is 48.1 Å². The predicted molar refractivity (Wildman–Crippen MR) is 80.7 cm³/mol. The summed E-state index contributed by atoms with van der Waals surface area (Å²) in [7, 11) is 0. The second-order valence-corrected chi connectivity index (χ2v) is 4.58. The molecule has 0 saturated heterocycles. The number of aryl methyl sites for hydroxylation is 2. The van der Waals surface area contributed by atoms with Crippen molar-refractivity contribution in [2.75, 3.05) is 0 Å². The zero-order valence-electron chi connectivity index (χ0n) is 11.4. The highest BCUT2D eigenvalue weighted by molar-refractivity contribution is 5.70. The van der Waals surface area contributed by atoms with Crippen LogP contribution in [0.3, 0.4) is 0 Å². The average Bonchev–Trinajstić information content (AvgIpc) is 2.40. The van der Waals surface area contributed by atoms with Gasteiger partial charge in [0.15, 0.2) is 0 Å². The molecule has 0 radical (unpaired) electrons. The Morgan fingerprint density at radius 1 is 1.06 bits per heavy atom. The molecule has 0 aliphatic heterocycles. The van der Waals surface area contributed by atoms with Crippen molar-refractivity contribution in [3.63, 3.8) is 0 Å². The van der Waals surface area contributed by atoms with Gasteiger partial charge >= 0.3 is 0 Å². The van der Waals surface area contributed by atoms with E-state index in [0.29, 0.717) is 0 Å². The van der Waals surface area contributed by atoms with Crippen LogP contribution in [0.25, 0.3) is 17.2 Å². The van der Waals surface area contributed by atoms with Crippen LogP contribution in [-0.2, 0) is 6.42 Å². The van der Waals surface area contributed by atoms with Crippen LogP contribution in [0.15, 0.2) is 48.5 Å². The van der Waals surface area contributed by atoms with Gasteiger partial charge in [-0.2, -0.15) is 0 Å². The normalized spacial score (nSPS) is 11.1. The Morgan fingerprint density at radius 2 is 1.83 bits per heavy atom. The van der Waals surface area contributed by atoms with Gasteiger partial charge in [-0.1, -0.05) is 61.5 Å². The largest absolute Gasteiger partial charge is 0.0871 e. The molecule has 92 valence electrons. The first-order chi connectivity index (χ1) is 8.76. The van der Waals surface area contributed by atoms with Crippen molar-refractivity contribution in [3.05, 3.63) is 65.2 Å². The lowest BCUT2D eigenvalue weighted by Gasteiger charge is -2.10. The van der Waals surface area contributed by atoms with Gasteiger partial charge in [-0.3, -0.25) is 0 Å². The molecular formula is C18H20. The minimum Gasteiger partial charge on any atom is -0.0871 e. The third-order valence-corrected chi connectivity index (χ3v) is 3.33. The van der Waals surface area contributed by atoms with E-state index in [1.54, 1.807) is 0 Å². The van der Waals surface area contributed by atoms with Crippen LogP contribution in [0.2, 0.25) is 0 Å². The summed E-state index contributed by atoms with van der Waals surface area (Å²) in [6.07, 6.45) is 5.35. The molecule has 0 nitrogen and oxygen atoms in total. The molecule has 0 bridgehead atoms. The van der Waals surface area contributed by atoms with Gasteiger partial charge in [-0.15, -0.1) is 0 Å². The maximum absolute atomic E-state index is 2.32. The number of rotatable bonds is 3. The minimum absolute atomic E-state index is 1.07. The number of benzene rings is 2. The van der Waals surface area contributed by atoms with Crippen LogP contribution in [0.1, 0.15) is 30.5 Å². The van der Waals surface area contributed by atoms with Gasteiger partial charge in [0.2, 0.25) is 0 Å². The fourth-order valence-corrected chi connectivity index (χ4v) is 2.32. The summed E-state index contributed by atoms with van der Waals surface area (Å²) in [6, 6.07) is 15.3. The molecule has 18 heavy (non-hydrogen) atoms. The molecule has 0 fully saturated rings. The Hall–Kier alpha value is -1.82. The molecule has 2 rings (SSSR count). The second-order valence-electron chi connectivity index (χ2n) is 4.58. The van der Waals surface area contributed by atoms with E-state index in [1.807, 2.05) is 0 Å². The van der Waals surface area contributed by atoms with Gasteiger partial charge in [0.1, 0.15) is 0 Å². The highest BCUT2D eigenvalue weighted by Gasteiger charge is 2.04. The van der Waals surface area contributed by atoms with Gasteiger partial charge in [0, 0.05) is 0 Å². The van der Waals surface area contributed by atoms with Crippen LogP contribution >= 0.6 is 0 Å². The van der Waals surface area contributed by atoms with Crippen LogP contribution in [0, 0.1) is 6.92 Å². The first-order valence-corrected chi connectivity index (χ1v) is 6.58. The molecule has 0 heterocycles. The first-order valence-electron chi connectivity index (χ1n) is 6.58. The van der Waals surface area contributed by atoms with E-state index < -0.39 is 0 Å². The topological polar surface area (TPSA) is 0 Å². The van der Waals surface area contributed by atoms with Crippen molar-refractivity contribution in [3.8, 4) is 11.1 Å². The Labute approximate surface area is 110 Å². The lowest BCUT2D eigenvalue weighted by Crippen LogP contribution is -1.89. The van der Waals surface area contributed by atoms with Crippen molar-refractivity contribution in [1.29, 1.82) is 0 Å². The zero-order valence-corrected chi connectivity index (χ0v) is 11.4. The number of allylic oxidation sites excluding steroid dienone is 1. The maximum Gasteiger partial charge on any atom is -0.0155 e. The molecule has 2 aromatic carbocycles. The van der Waals surface area contributed by atoms with E-state index in [4.69, 9.17) is 0 Å². The highest BCUT2D eigenvalue weighted by Crippen LogP contribution is 2.26. The molecule has 0 atom stereocenters. The predicted octanol–water partition coefficient (Wildman–Crippen LogP) is 5.26. The van der Waals surface area contributed by atoms with Crippen LogP contribution in [-0.4, -0.2) is 0 Å². The molecule has 0 aromatic heterocycles. The first kappa shape index (κ1) is 12.6. The Morgan fingerprint density at radius 3 is 2.50 bits per heavy atom. The Balaban J connectivity index is 2.51. The van der Waals surface area contributed by atoms with E-state index in [2.05, 4.69) is 75.4 Å². The third-order valence-electron chi connectivity index (χ3n) is 3.33. The molecular weight excluding hydrogens is 216 g/mol. The standard InChI is InChI=1S/C18H20/c1-4-8-16-11-12-17(13-15(16)5-2)18-10-7-6-9-14(18)3/h4,6-13H,5H2,1-3H3/b8-4-. The highest BCUT2D eigenvalue weighted by atomic mass is 14.1. The summed E-state index contributed by atoms with van der Waals surface area (Å²) >= 11 is 0. The fourth-order valence-electron chi connectivity index (χ4n) is 2.32. The minimum atomic E-state index is 1.07. The van der Waals surface area contributed by atoms with E-state index in [-0.39, 0.29) is 0 Å².